The van der Waals surface area contributed by atoms with Crippen LogP contribution in [0.2, 0.25) is 0 Å². The molecule has 9 heteroatoms. The van der Waals surface area contributed by atoms with E-state index in [0.717, 1.165) is 5.56 Å². The highest BCUT2D eigenvalue weighted by atomic mass is 19.4. The van der Waals surface area contributed by atoms with E-state index in [-0.39, 0.29) is 11.7 Å². The minimum Gasteiger partial charge on any atom is -0.495 e. The van der Waals surface area contributed by atoms with Crippen molar-refractivity contribution >= 4 is 11.6 Å². The van der Waals surface area contributed by atoms with Gasteiger partial charge in [-0.1, -0.05) is 29.4 Å². The third-order valence-electron chi connectivity index (χ3n) is 4.90. The molecular formula is C20H16F3N3O3. The molecule has 3 aromatic rings. The van der Waals surface area contributed by atoms with Crippen molar-refractivity contribution in [2.75, 3.05) is 12.4 Å². The van der Waals surface area contributed by atoms with Crippen LogP contribution in [0, 0.1) is 0 Å². The lowest BCUT2D eigenvalue weighted by atomic mass is 9.94. The van der Waals surface area contributed by atoms with E-state index in [1.807, 2.05) is 0 Å². The van der Waals surface area contributed by atoms with Crippen molar-refractivity contribution in [3.05, 3.63) is 71.4 Å². The number of methoxy groups -OCH3 is 1. The Morgan fingerprint density at radius 3 is 2.41 bits per heavy atom. The quantitative estimate of drug-likeness (QED) is 0.682. The Labute approximate surface area is 163 Å². The summed E-state index contributed by atoms with van der Waals surface area (Å²) >= 11 is 0. The third kappa shape index (κ3) is 3.55. The zero-order valence-corrected chi connectivity index (χ0v) is 15.3. The number of carbonyl (C=O) groups is 1. The van der Waals surface area contributed by atoms with E-state index in [0.29, 0.717) is 29.8 Å². The Hall–Kier alpha value is -3.36. The molecule has 1 amide bonds. The van der Waals surface area contributed by atoms with Crippen LogP contribution in [0.15, 0.2) is 53.1 Å². The SMILES string of the molecule is COc1ccccc1NC(=O)c1ccc(C2(c3noc(C(F)(F)F)n3)CC2)cc1. The van der Waals surface area contributed by atoms with E-state index in [1.54, 1.807) is 48.5 Å². The van der Waals surface area contributed by atoms with E-state index in [4.69, 9.17) is 4.74 Å². The van der Waals surface area contributed by atoms with Crippen LogP contribution in [0.5, 0.6) is 5.75 Å². The number of hydrogen-bond donors (Lipinski definition) is 1. The monoisotopic (exact) mass is 403 g/mol. The molecule has 1 fully saturated rings. The van der Waals surface area contributed by atoms with Gasteiger partial charge in [-0.25, -0.2) is 0 Å². The molecule has 0 unspecified atom stereocenters. The van der Waals surface area contributed by atoms with E-state index in [1.165, 1.54) is 7.11 Å². The maximum atomic E-state index is 12.7. The second-order valence-corrected chi connectivity index (χ2v) is 6.73. The van der Waals surface area contributed by atoms with Gasteiger partial charge in [0.25, 0.3) is 5.91 Å². The number of aromatic nitrogens is 2. The summed E-state index contributed by atoms with van der Waals surface area (Å²) < 4.78 is 47.8. The maximum Gasteiger partial charge on any atom is 0.471 e. The summed E-state index contributed by atoms with van der Waals surface area (Å²) in [5.41, 5.74) is 0.972. The van der Waals surface area contributed by atoms with Gasteiger partial charge in [0.1, 0.15) is 5.75 Å². The molecule has 6 nitrogen and oxygen atoms in total. The largest absolute Gasteiger partial charge is 0.495 e. The molecule has 0 bridgehead atoms. The highest BCUT2D eigenvalue weighted by Crippen LogP contribution is 2.52. The first-order valence-corrected chi connectivity index (χ1v) is 8.80. The fourth-order valence-corrected chi connectivity index (χ4v) is 3.18. The van der Waals surface area contributed by atoms with Crippen molar-refractivity contribution in [3.8, 4) is 5.75 Å². The first-order chi connectivity index (χ1) is 13.8. The summed E-state index contributed by atoms with van der Waals surface area (Å²) in [4.78, 5) is 16.0. The molecule has 1 aliphatic carbocycles. The number of amides is 1. The zero-order valence-electron chi connectivity index (χ0n) is 15.3. The van der Waals surface area contributed by atoms with Gasteiger partial charge in [0, 0.05) is 5.56 Å². The van der Waals surface area contributed by atoms with Gasteiger partial charge < -0.3 is 14.6 Å². The van der Waals surface area contributed by atoms with Gasteiger partial charge in [-0.2, -0.15) is 18.2 Å². The molecule has 0 saturated heterocycles. The standard InChI is InChI=1S/C20H16F3N3O3/c1-28-15-5-3-2-4-14(15)24-16(27)12-6-8-13(9-7-12)19(10-11-19)17-25-18(29-26-17)20(21,22)23/h2-9H,10-11H2,1H3,(H,24,27). The van der Waals surface area contributed by atoms with Gasteiger partial charge in [-0.15, -0.1) is 0 Å². The molecule has 0 spiro atoms. The number of hydrogen-bond acceptors (Lipinski definition) is 5. The number of rotatable bonds is 5. The Kier molecular flexibility index (Phi) is 4.52. The van der Waals surface area contributed by atoms with Gasteiger partial charge in [-0.3, -0.25) is 4.79 Å². The molecule has 1 aliphatic rings. The highest BCUT2D eigenvalue weighted by molar-refractivity contribution is 6.05. The average molecular weight is 403 g/mol. The van der Waals surface area contributed by atoms with Crippen LogP contribution in [0.25, 0.3) is 0 Å². The number of ether oxygens (including phenoxy) is 1. The normalized spacial score (nSPS) is 15.0. The van der Waals surface area contributed by atoms with Crippen LogP contribution in [0.1, 0.15) is 40.5 Å². The molecular weight excluding hydrogens is 387 g/mol. The molecule has 0 aliphatic heterocycles. The molecule has 4 rings (SSSR count). The van der Waals surface area contributed by atoms with Crippen LogP contribution in [-0.4, -0.2) is 23.2 Å². The van der Waals surface area contributed by atoms with Gasteiger partial charge in [-0.05, 0) is 42.7 Å². The smallest absolute Gasteiger partial charge is 0.471 e. The summed E-state index contributed by atoms with van der Waals surface area (Å²) in [6.45, 7) is 0. The Bertz CT molecular complexity index is 1040. The minimum absolute atomic E-state index is 0.0102. The van der Waals surface area contributed by atoms with Gasteiger partial charge in [0.15, 0.2) is 5.82 Å². The first-order valence-electron chi connectivity index (χ1n) is 8.80. The summed E-state index contributed by atoms with van der Waals surface area (Å²) in [7, 11) is 1.51. The number of benzene rings is 2. The van der Waals surface area contributed by atoms with Crippen molar-refractivity contribution in [2.45, 2.75) is 24.4 Å². The van der Waals surface area contributed by atoms with Gasteiger partial charge in [0.2, 0.25) is 0 Å². The van der Waals surface area contributed by atoms with Crippen LogP contribution < -0.4 is 10.1 Å². The second-order valence-electron chi connectivity index (χ2n) is 6.73. The number of carbonyl (C=O) groups excluding carboxylic acids is 1. The van der Waals surface area contributed by atoms with Crippen LogP contribution >= 0.6 is 0 Å². The predicted octanol–water partition coefficient (Wildman–Crippen LogP) is 4.43. The second kappa shape index (κ2) is 6.91. The Balaban J connectivity index is 1.53. The minimum atomic E-state index is -4.68. The predicted molar refractivity (Wildman–Crippen MR) is 96.7 cm³/mol. The fraction of sp³-hybridized carbons (Fsp3) is 0.250. The summed E-state index contributed by atoms with van der Waals surface area (Å²) in [5.74, 6) is -1.14. The fourth-order valence-electron chi connectivity index (χ4n) is 3.18. The molecule has 1 saturated carbocycles. The third-order valence-corrected chi connectivity index (χ3v) is 4.90. The molecule has 0 radical (unpaired) electrons. The molecule has 1 aromatic heterocycles. The molecule has 29 heavy (non-hydrogen) atoms. The van der Waals surface area contributed by atoms with Crippen molar-refractivity contribution in [2.24, 2.45) is 0 Å². The number of alkyl halides is 3. The van der Waals surface area contributed by atoms with E-state index in [9.17, 15) is 18.0 Å². The Morgan fingerprint density at radius 2 is 1.83 bits per heavy atom. The Morgan fingerprint density at radius 1 is 1.14 bits per heavy atom. The molecule has 1 heterocycles. The lowest BCUT2D eigenvalue weighted by molar-refractivity contribution is -0.159. The number of nitrogens with one attached hydrogen (secondary N) is 1. The van der Waals surface area contributed by atoms with Gasteiger partial charge >= 0.3 is 12.1 Å². The van der Waals surface area contributed by atoms with Crippen LogP contribution in [0.3, 0.4) is 0 Å². The number of nitrogens with zero attached hydrogens (tertiary/aromatic N) is 2. The van der Waals surface area contributed by atoms with E-state index in [2.05, 4.69) is 20.0 Å². The average Bonchev–Trinajstić information content (AvgIpc) is 3.35. The van der Waals surface area contributed by atoms with Crippen molar-refractivity contribution in [1.29, 1.82) is 0 Å². The van der Waals surface area contributed by atoms with Crippen LogP contribution in [0.4, 0.5) is 18.9 Å². The van der Waals surface area contributed by atoms with Crippen molar-refractivity contribution in [3.63, 3.8) is 0 Å². The van der Waals surface area contributed by atoms with Crippen molar-refractivity contribution < 1.29 is 27.2 Å². The zero-order chi connectivity index (χ0) is 20.6. The van der Waals surface area contributed by atoms with Crippen LogP contribution in [-0.2, 0) is 11.6 Å². The molecule has 0 atom stereocenters. The lowest BCUT2D eigenvalue weighted by Crippen LogP contribution is -2.15. The first kappa shape index (κ1) is 19.0. The highest BCUT2D eigenvalue weighted by Gasteiger charge is 2.51. The summed E-state index contributed by atoms with van der Waals surface area (Å²) in [6, 6.07) is 13.7. The molecule has 1 N–H and O–H groups in total. The number of halogens is 3. The van der Waals surface area contributed by atoms with E-state index >= 15 is 0 Å². The van der Waals surface area contributed by atoms with Crippen molar-refractivity contribution in [1.82, 2.24) is 10.1 Å². The summed E-state index contributed by atoms with van der Waals surface area (Å²) in [5, 5.41) is 6.30. The van der Waals surface area contributed by atoms with Gasteiger partial charge in [0.05, 0.1) is 18.2 Å². The topological polar surface area (TPSA) is 77.2 Å². The van der Waals surface area contributed by atoms with E-state index < -0.39 is 17.5 Å². The molecule has 150 valence electrons. The molecule has 2 aromatic carbocycles. The number of para-hydroxylation sites is 2. The maximum absolute atomic E-state index is 12.7. The number of anilines is 1. The lowest BCUT2D eigenvalue weighted by Gasteiger charge is -2.13. The summed E-state index contributed by atoms with van der Waals surface area (Å²) in [6.07, 6.45) is -3.46.